The molecular weight excluding hydrogens is 266 g/mol. The fourth-order valence-electron chi connectivity index (χ4n) is 1.58. The van der Waals surface area contributed by atoms with E-state index in [-0.39, 0.29) is 18.0 Å². The molecular formula is C11H13N5O4. The number of ether oxygens (including phenoxy) is 1. The summed E-state index contributed by atoms with van der Waals surface area (Å²) in [5.41, 5.74) is -0.951. The Labute approximate surface area is 113 Å². The van der Waals surface area contributed by atoms with E-state index in [1.807, 2.05) is 0 Å². The fourth-order valence-corrected chi connectivity index (χ4v) is 1.58. The molecule has 0 bridgehead atoms. The Bertz CT molecular complexity index is 770. The van der Waals surface area contributed by atoms with Crippen molar-refractivity contribution < 1.29 is 9.53 Å². The van der Waals surface area contributed by atoms with E-state index < -0.39 is 17.2 Å². The summed E-state index contributed by atoms with van der Waals surface area (Å²) in [7, 11) is 2.76. The zero-order valence-electron chi connectivity index (χ0n) is 11.2. The van der Waals surface area contributed by atoms with Gasteiger partial charge < -0.3 is 4.74 Å². The number of aromatic nitrogens is 5. The van der Waals surface area contributed by atoms with Gasteiger partial charge in [-0.05, 0) is 6.92 Å². The fraction of sp³-hybridized carbons (Fsp3) is 0.364. The number of hydrogen-bond donors (Lipinski definition) is 0. The number of rotatable bonds is 3. The van der Waals surface area contributed by atoms with Crippen LogP contribution in [-0.2, 0) is 18.8 Å². The standard InChI is InChI=1S/C11H13N5O4/c1-4-20-10(18)7-5-12-16(6-7)8-9(17)14(2)11(19)15(3)13-8/h5-6H,4H2,1-3H3. The first-order valence-corrected chi connectivity index (χ1v) is 5.82. The number of hydrogen-bond acceptors (Lipinski definition) is 6. The van der Waals surface area contributed by atoms with Crippen molar-refractivity contribution in [1.29, 1.82) is 0 Å². The Balaban J connectivity index is 2.51. The quantitative estimate of drug-likeness (QED) is 0.657. The smallest absolute Gasteiger partial charge is 0.346 e. The monoisotopic (exact) mass is 279 g/mol. The van der Waals surface area contributed by atoms with Crippen molar-refractivity contribution >= 4 is 5.97 Å². The number of carbonyl (C=O) groups is 1. The van der Waals surface area contributed by atoms with Crippen molar-refractivity contribution in [2.45, 2.75) is 6.92 Å². The molecule has 2 rings (SSSR count). The van der Waals surface area contributed by atoms with Crippen LogP contribution in [0, 0.1) is 0 Å². The van der Waals surface area contributed by atoms with Gasteiger partial charge in [-0.1, -0.05) is 0 Å². The van der Waals surface area contributed by atoms with Gasteiger partial charge >= 0.3 is 17.2 Å². The SMILES string of the molecule is CCOC(=O)c1cnn(-c2nn(C)c(=O)n(C)c2=O)c1. The second-order valence-electron chi connectivity index (χ2n) is 3.99. The largest absolute Gasteiger partial charge is 0.462 e. The van der Waals surface area contributed by atoms with Gasteiger partial charge in [-0.3, -0.25) is 9.36 Å². The molecule has 9 heteroatoms. The second kappa shape index (κ2) is 5.11. The van der Waals surface area contributed by atoms with E-state index in [1.54, 1.807) is 6.92 Å². The molecule has 0 saturated heterocycles. The molecule has 2 heterocycles. The summed E-state index contributed by atoms with van der Waals surface area (Å²) in [4.78, 5) is 35.0. The van der Waals surface area contributed by atoms with Crippen LogP contribution in [0.4, 0.5) is 0 Å². The number of esters is 1. The molecule has 0 N–H and O–H groups in total. The summed E-state index contributed by atoms with van der Waals surface area (Å²) in [6.07, 6.45) is 2.59. The normalized spacial score (nSPS) is 10.6. The minimum absolute atomic E-state index is 0.0786. The minimum atomic E-state index is -0.605. The molecule has 9 nitrogen and oxygen atoms in total. The molecule has 20 heavy (non-hydrogen) atoms. The molecule has 2 aromatic rings. The molecule has 0 atom stereocenters. The maximum atomic E-state index is 12.0. The molecule has 0 amide bonds. The molecule has 0 unspecified atom stereocenters. The van der Waals surface area contributed by atoms with E-state index in [2.05, 4.69) is 10.2 Å². The molecule has 0 aliphatic rings. The van der Waals surface area contributed by atoms with Gasteiger partial charge in [0, 0.05) is 20.3 Å². The third-order valence-corrected chi connectivity index (χ3v) is 2.62. The highest BCUT2D eigenvalue weighted by Gasteiger charge is 2.15. The summed E-state index contributed by atoms with van der Waals surface area (Å²) in [5.74, 6) is -0.620. The van der Waals surface area contributed by atoms with E-state index in [0.29, 0.717) is 0 Å². The highest BCUT2D eigenvalue weighted by atomic mass is 16.5. The maximum absolute atomic E-state index is 12.0. The van der Waals surface area contributed by atoms with E-state index in [1.165, 1.54) is 26.5 Å². The Morgan fingerprint density at radius 1 is 1.35 bits per heavy atom. The van der Waals surface area contributed by atoms with Crippen LogP contribution in [0.5, 0.6) is 0 Å². The molecule has 0 fully saturated rings. The van der Waals surface area contributed by atoms with Gasteiger partial charge in [0.1, 0.15) is 0 Å². The summed E-state index contributed by atoms with van der Waals surface area (Å²) in [5, 5.41) is 7.73. The zero-order valence-corrected chi connectivity index (χ0v) is 11.2. The van der Waals surface area contributed by atoms with Gasteiger partial charge in [0.05, 0.1) is 18.4 Å². The lowest BCUT2D eigenvalue weighted by atomic mass is 10.4. The average Bonchev–Trinajstić information content (AvgIpc) is 2.90. The topological polar surface area (TPSA) is 101 Å². The van der Waals surface area contributed by atoms with Gasteiger partial charge in [0.15, 0.2) is 0 Å². The van der Waals surface area contributed by atoms with Crippen molar-refractivity contribution in [1.82, 2.24) is 24.1 Å². The van der Waals surface area contributed by atoms with Crippen LogP contribution in [0.25, 0.3) is 5.82 Å². The highest BCUT2D eigenvalue weighted by molar-refractivity contribution is 5.88. The van der Waals surface area contributed by atoms with E-state index in [0.717, 1.165) is 13.9 Å². The van der Waals surface area contributed by atoms with Crippen LogP contribution in [-0.4, -0.2) is 36.7 Å². The van der Waals surface area contributed by atoms with Gasteiger partial charge in [-0.25, -0.2) is 19.0 Å². The van der Waals surface area contributed by atoms with Gasteiger partial charge in [-0.15, -0.1) is 5.10 Å². The summed E-state index contributed by atoms with van der Waals surface area (Å²) in [6, 6.07) is 0. The van der Waals surface area contributed by atoms with Crippen LogP contribution in [0.1, 0.15) is 17.3 Å². The van der Waals surface area contributed by atoms with Gasteiger partial charge in [-0.2, -0.15) is 5.10 Å². The first kappa shape index (κ1) is 13.7. The van der Waals surface area contributed by atoms with E-state index >= 15 is 0 Å². The summed E-state index contributed by atoms with van der Waals surface area (Å²) in [6.45, 7) is 1.93. The predicted octanol–water partition coefficient (Wildman–Crippen LogP) is -1.16. The maximum Gasteiger partial charge on any atom is 0.346 e. The first-order valence-electron chi connectivity index (χ1n) is 5.82. The molecule has 2 aromatic heterocycles. The zero-order chi connectivity index (χ0) is 14.9. The Morgan fingerprint density at radius 3 is 2.70 bits per heavy atom. The lowest BCUT2D eigenvalue weighted by Gasteiger charge is -2.04. The molecule has 0 aliphatic heterocycles. The average molecular weight is 279 g/mol. The van der Waals surface area contributed by atoms with Crippen molar-refractivity contribution in [3.63, 3.8) is 0 Å². The minimum Gasteiger partial charge on any atom is -0.462 e. The van der Waals surface area contributed by atoms with Crippen molar-refractivity contribution in [3.8, 4) is 5.82 Å². The van der Waals surface area contributed by atoms with E-state index in [9.17, 15) is 14.4 Å². The molecule has 0 aromatic carbocycles. The van der Waals surface area contributed by atoms with Crippen LogP contribution in [0.3, 0.4) is 0 Å². The summed E-state index contributed by atoms with van der Waals surface area (Å²) >= 11 is 0. The summed E-state index contributed by atoms with van der Waals surface area (Å²) < 4.78 is 7.88. The van der Waals surface area contributed by atoms with Crippen LogP contribution in [0.2, 0.25) is 0 Å². The third-order valence-electron chi connectivity index (χ3n) is 2.62. The van der Waals surface area contributed by atoms with Crippen LogP contribution < -0.4 is 11.2 Å². The number of carbonyl (C=O) groups excluding carboxylic acids is 1. The number of aryl methyl sites for hydroxylation is 1. The lowest BCUT2D eigenvalue weighted by Crippen LogP contribution is -2.40. The Morgan fingerprint density at radius 2 is 2.05 bits per heavy atom. The van der Waals surface area contributed by atoms with E-state index in [4.69, 9.17) is 4.74 Å². The third kappa shape index (κ3) is 2.25. The lowest BCUT2D eigenvalue weighted by molar-refractivity contribution is 0.0526. The second-order valence-corrected chi connectivity index (χ2v) is 3.99. The molecule has 0 spiro atoms. The molecule has 0 aliphatic carbocycles. The van der Waals surface area contributed by atoms with Crippen LogP contribution >= 0.6 is 0 Å². The van der Waals surface area contributed by atoms with Crippen molar-refractivity contribution in [2.75, 3.05) is 6.61 Å². The molecule has 0 saturated carbocycles. The Hall–Kier alpha value is -2.71. The predicted molar refractivity (Wildman–Crippen MR) is 67.8 cm³/mol. The van der Waals surface area contributed by atoms with Gasteiger partial charge in [0.2, 0.25) is 5.82 Å². The highest BCUT2D eigenvalue weighted by Crippen LogP contribution is 2.03. The van der Waals surface area contributed by atoms with Gasteiger partial charge in [0.25, 0.3) is 0 Å². The van der Waals surface area contributed by atoms with Crippen molar-refractivity contribution in [2.24, 2.45) is 14.1 Å². The van der Waals surface area contributed by atoms with Crippen molar-refractivity contribution in [3.05, 3.63) is 38.8 Å². The van der Waals surface area contributed by atoms with Crippen LogP contribution in [0.15, 0.2) is 22.0 Å². The first-order chi connectivity index (χ1) is 9.45. The molecule has 106 valence electrons. The molecule has 0 radical (unpaired) electrons. The Kier molecular flexibility index (Phi) is 3.51. The number of nitrogens with zero attached hydrogens (tertiary/aromatic N) is 5.